The lowest BCUT2D eigenvalue weighted by atomic mass is 9.79. The number of carbonyl (C=O) groups is 5. The molecule has 0 radical (unpaired) electrons. The van der Waals surface area contributed by atoms with Crippen LogP contribution in [0.15, 0.2) is 48.5 Å². The van der Waals surface area contributed by atoms with Gasteiger partial charge in [0.2, 0.25) is 0 Å². The third kappa shape index (κ3) is 28.1. The maximum Gasteiger partial charge on any atom is 0.308 e. The Labute approximate surface area is 554 Å². The zero-order chi connectivity index (χ0) is 67.5. The summed E-state index contributed by atoms with van der Waals surface area (Å²) in [5.41, 5.74) is 11.9. The van der Waals surface area contributed by atoms with E-state index in [9.17, 15) is 39.3 Å². The van der Waals surface area contributed by atoms with Gasteiger partial charge in [-0.3, -0.25) is 43.9 Å². The molecule has 8 rings (SSSR count). The van der Waals surface area contributed by atoms with E-state index in [1.807, 2.05) is 6.92 Å². The van der Waals surface area contributed by atoms with E-state index < -0.39 is 17.2 Å². The third-order valence-electron chi connectivity index (χ3n) is 19.3. The topological polar surface area (TPSA) is 216 Å². The van der Waals surface area contributed by atoms with E-state index in [1.54, 1.807) is 6.92 Å². The first kappa shape index (κ1) is 78.7. The van der Waals surface area contributed by atoms with E-state index in [1.165, 1.54) is 49.3 Å². The molecule has 14 nitrogen and oxygen atoms in total. The highest BCUT2D eigenvalue weighted by atomic mass is 16.5. The molecule has 4 saturated carbocycles. The Kier molecular flexibility index (Phi) is 36.4. The monoisotopic (exact) mass is 1270 g/mol. The molecule has 0 saturated heterocycles. The first-order chi connectivity index (χ1) is 44.2. The van der Waals surface area contributed by atoms with Crippen LogP contribution >= 0.6 is 0 Å². The van der Waals surface area contributed by atoms with Crippen LogP contribution in [0.5, 0.6) is 0 Å². The lowest BCUT2D eigenvalue weighted by molar-refractivity contribution is -0.152. The van der Waals surface area contributed by atoms with Gasteiger partial charge >= 0.3 is 17.9 Å². The fourth-order valence-electron chi connectivity index (χ4n) is 13.8. The molecule has 512 valence electrons. The zero-order valence-corrected chi connectivity index (χ0v) is 58.9. The molecular formula is C78H120N4O10. The summed E-state index contributed by atoms with van der Waals surface area (Å²) in [6.45, 7) is 22.8. The van der Waals surface area contributed by atoms with E-state index in [4.69, 9.17) is 4.74 Å². The number of hydrogen-bond donors (Lipinski definition) is 3. The smallest absolute Gasteiger partial charge is 0.308 e. The molecule has 3 N–H and O–H groups in total. The van der Waals surface area contributed by atoms with Gasteiger partial charge in [-0.2, -0.15) is 0 Å². The predicted molar refractivity (Wildman–Crippen MR) is 369 cm³/mol. The molecule has 4 aliphatic rings. The Balaban J connectivity index is 0.000000255. The number of esters is 2. The molecule has 0 spiro atoms. The van der Waals surface area contributed by atoms with E-state index in [2.05, 4.69) is 129 Å². The molecule has 0 aromatic carbocycles. The SMILES string of the molecule is CCOC(=O)CC(O)(CCc1cc(CC)nc(CC)c1)C1CCCC1.CCOC(C)=O.CCc1cc(CCC(=O)C2CCCC2)cc(CC)n1.CCc1cc(CCC(=O)C2CCCC2)cc(CC)n1.CCc1cc(CC[C@](O)(CC(=O)O)C2CCCC2)cc(CC)n1. The summed E-state index contributed by atoms with van der Waals surface area (Å²) in [6.07, 6.45) is 31.1. The summed E-state index contributed by atoms with van der Waals surface area (Å²) >= 11 is 0. The van der Waals surface area contributed by atoms with Gasteiger partial charge in [-0.25, -0.2) is 0 Å². The Morgan fingerprint density at radius 2 is 0.663 bits per heavy atom. The van der Waals surface area contributed by atoms with Crippen LogP contribution in [0.25, 0.3) is 0 Å². The molecule has 14 heteroatoms. The number of ether oxygens (including phenoxy) is 2. The number of aromatic nitrogens is 4. The van der Waals surface area contributed by atoms with Crippen LogP contribution in [-0.2, 0) is 110 Å². The average Bonchev–Trinajstić information content (AvgIpc) is 1.99. The van der Waals surface area contributed by atoms with Crippen molar-refractivity contribution in [3.05, 3.63) is 116 Å². The van der Waals surface area contributed by atoms with Gasteiger partial charge in [-0.1, -0.05) is 107 Å². The predicted octanol–water partition coefficient (Wildman–Crippen LogP) is 15.9. The molecule has 2 atom stereocenters. The van der Waals surface area contributed by atoms with Crippen molar-refractivity contribution < 1.29 is 48.8 Å². The Hall–Kier alpha value is -5.73. The summed E-state index contributed by atoms with van der Waals surface area (Å²) < 4.78 is 9.52. The van der Waals surface area contributed by atoms with Crippen LogP contribution in [0.1, 0.15) is 285 Å². The number of rotatable bonds is 30. The molecule has 4 aliphatic carbocycles. The minimum atomic E-state index is -1.08. The van der Waals surface area contributed by atoms with Gasteiger partial charge in [0.05, 0.1) is 37.3 Å². The fourth-order valence-corrected chi connectivity index (χ4v) is 13.8. The van der Waals surface area contributed by atoms with Crippen molar-refractivity contribution >= 4 is 29.5 Å². The largest absolute Gasteiger partial charge is 0.481 e. The van der Waals surface area contributed by atoms with E-state index in [0.717, 1.165) is 199 Å². The number of aryl methyl sites for hydroxylation is 12. The Bertz CT molecular complexity index is 2680. The quantitative estimate of drug-likeness (QED) is 0.0414. The first-order valence-corrected chi connectivity index (χ1v) is 36.1. The second-order valence-electron chi connectivity index (χ2n) is 26.2. The van der Waals surface area contributed by atoms with Crippen LogP contribution in [0.4, 0.5) is 0 Å². The summed E-state index contributed by atoms with van der Waals surface area (Å²) in [5, 5.41) is 31.5. The van der Waals surface area contributed by atoms with E-state index >= 15 is 0 Å². The van der Waals surface area contributed by atoms with Crippen LogP contribution in [0.3, 0.4) is 0 Å². The van der Waals surface area contributed by atoms with Gasteiger partial charge in [-0.05, 0) is 238 Å². The van der Waals surface area contributed by atoms with Crippen molar-refractivity contribution in [2.75, 3.05) is 13.2 Å². The number of Topliss-reactive ketones (excluding diaryl/α,β-unsaturated/α-hetero) is 2. The maximum atomic E-state index is 12.1. The van der Waals surface area contributed by atoms with Crippen LogP contribution in [0.2, 0.25) is 0 Å². The third-order valence-corrected chi connectivity index (χ3v) is 19.3. The lowest BCUT2D eigenvalue weighted by Crippen LogP contribution is -2.40. The van der Waals surface area contributed by atoms with Gasteiger partial charge in [0, 0.05) is 77.2 Å². The normalized spacial score (nSPS) is 16.3. The lowest BCUT2D eigenvalue weighted by Gasteiger charge is -2.33. The van der Waals surface area contributed by atoms with E-state index in [-0.39, 0.29) is 36.6 Å². The molecule has 1 unspecified atom stereocenters. The number of carboxylic acid groups (broad SMARTS) is 1. The minimum absolute atomic E-state index is 0.109. The van der Waals surface area contributed by atoms with E-state index in [0.29, 0.717) is 68.7 Å². The molecular weight excluding hydrogens is 1150 g/mol. The van der Waals surface area contributed by atoms with Crippen LogP contribution < -0.4 is 0 Å². The second kappa shape index (κ2) is 42.6. The number of aliphatic hydroxyl groups is 2. The van der Waals surface area contributed by atoms with Crippen molar-refractivity contribution in [3.8, 4) is 0 Å². The first-order valence-electron chi connectivity index (χ1n) is 36.1. The van der Waals surface area contributed by atoms with Gasteiger partial charge in [0.1, 0.15) is 11.6 Å². The summed E-state index contributed by atoms with van der Waals surface area (Å²) in [6, 6.07) is 17.1. The summed E-state index contributed by atoms with van der Waals surface area (Å²) in [4.78, 5) is 75.7. The standard InChI is InChI=1S/C21H33NO3.C19H29NO3.2C17H25NO.C4H8O2/c1-4-18-13-16(14-19(5-2)22-18)11-12-21(24,15-20(23)25-6-3)17-9-7-8-10-17;1-3-16-11-14(12-17(4-2)20-16)9-10-19(23,13-18(21)22)15-7-5-6-8-15;2*1-3-15-11-13(12-16(4-2)18-15)9-10-17(19)14-7-5-6-8-14;1-3-6-4(2)5/h13-14,17,24H,4-12,15H2,1-3H3;11-12,15,23H,3-10,13H2,1-2H3,(H,21,22);2*11-12,14H,3-10H2,1-2H3;3H2,1-2H3/t;19-;;;/m.0.../s1. The highest BCUT2D eigenvalue weighted by Crippen LogP contribution is 2.41. The minimum Gasteiger partial charge on any atom is -0.481 e. The molecule has 4 aromatic heterocycles. The fraction of sp³-hybridized carbons (Fsp3) is 0.679. The van der Waals surface area contributed by atoms with Crippen LogP contribution in [0, 0.1) is 23.7 Å². The molecule has 0 amide bonds. The van der Waals surface area contributed by atoms with Gasteiger partial charge in [0.25, 0.3) is 0 Å². The number of aliphatic carboxylic acids is 1. The molecule has 4 heterocycles. The second-order valence-corrected chi connectivity index (χ2v) is 26.2. The highest BCUT2D eigenvalue weighted by Gasteiger charge is 2.41. The van der Waals surface area contributed by atoms with Gasteiger partial charge in [-0.15, -0.1) is 0 Å². The average molecular weight is 1270 g/mol. The van der Waals surface area contributed by atoms with Crippen molar-refractivity contribution in [3.63, 3.8) is 0 Å². The van der Waals surface area contributed by atoms with Gasteiger partial charge < -0.3 is 24.8 Å². The molecule has 4 aromatic rings. The number of hydrogen-bond acceptors (Lipinski definition) is 13. The maximum absolute atomic E-state index is 12.1. The Morgan fingerprint density at radius 3 is 0.902 bits per heavy atom. The van der Waals surface area contributed by atoms with Crippen molar-refractivity contribution in [2.45, 2.75) is 306 Å². The molecule has 4 fully saturated rings. The van der Waals surface area contributed by atoms with Crippen LogP contribution in [-0.4, -0.2) is 89.1 Å². The number of carboxylic acids is 1. The summed E-state index contributed by atoms with van der Waals surface area (Å²) in [5.74, 6) is 0.601. The number of nitrogens with zero attached hydrogens (tertiary/aromatic N) is 4. The van der Waals surface area contributed by atoms with Gasteiger partial charge in [0.15, 0.2) is 0 Å². The number of pyridine rings is 4. The van der Waals surface area contributed by atoms with Crippen molar-refractivity contribution in [1.29, 1.82) is 0 Å². The summed E-state index contributed by atoms with van der Waals surface area (Å²) in [7, 11) is 0. The van der Waals surface area contributed by atoms with Crippen molar-refractivity contribution in [2.24, 2.45) is 23.7 Å². The Morgan fingerprint density at radius 1 is 0.402 bits per heavy atom. The highest BCUT2D eigenvalue weighted by molar-refractivity contribution is 5.82. The molecule has 0 bridgehead atoms. The van der Waals surface area contributed by atoms with Crippen molar-refractivity contribution in [1.82, 2.24) is 19.9 Å². The molecule has 92 heavy (non-hydrogen) atoms. The zero-order valence-electron chi connectivity index (χ0n) is 58.9. The molecule has 0 aliphatic heterocycles. The number of carbonyl (C=O) groups excluding carboxylic acids is 4. The number of ketones is 2.